The minimum absolute atomic E-state index is 0.153. The molecule has 1 aromatic rings. The molecule has 0 fully saturated rings. The van der Waals surface area contributed by atoms with E-state index in [0.29, 0.717) is 10.2 Å². The van der Waals surface area contributed by atoms with Crippen LogP contribution < -0.4 is 4.72 Å². The normalized spacial score (nSPS) is 12.6. The van der Waals surface area contributed by atoms with E-state index in [0.717, 1.165) is 0 Å². The minimum Gasteiger partial charge on any atom is -0.289 e. The summed E-state index contributed by atoms with van der Waals surface area (Å²) < 4.78 is 21.7. The molecule has 0 amide bonds. The van der Waals surface area contributed by atoms with Crippen LogP contribution in [0, 0.1) is 0 Å². The molecule has 0 bridgehead atoms. The van der Waals surface area contributed by atoms with E-state index in [1.807, 2.05) is 0 Å². The largest absolute Gasteiger partial charge is 0.289 e. The van der Waals surface area contributed by atoms with Crippen LogP contribution in [-0.2, 0) is 11.3 Å². The topological polar surface area (TPSA) is 62.2 Å². The van der Waals surface area contributed by atoms with Crippen molar-refractivity contribution < 1.29 is 8.76 Å². The lowest BCUT2D eigenvalue weighted by Crippen LogP contribution is -2.02. The summed E-state index contributed by atoms with van der Waals surface area (Å²) in [6.07, 6.45) is 1.49. The van der Waals surface area contributed by atoms with Crippen molar-refractivity contribution in [3.05, 3.63) is 21.9 Å². The van der Waals surface area contributed by atoms with Crippen LogP contribution in [0.15, 0.2) is 16.7 Å². The molecule has 0 aliphatic heterocycles. The van der Waals surface area contributed by atoms with Gasteiger partial charge in [0.2, 0.25) is 0 Å². The summed E-state index contributed by atoms with van der Waals surface area (Å²) in [6, 6.07) is 1.56. The second kappa shape index (κ2) is 4.18. The zero-order chi connectivity index (χ0) is 9.14. The van der Waals surface area contributed by atoms with Crippen LogP contribution in [0.3, 0.4) is 0 Å². The third-order valence-electron chi connectivity index (χ3n) is 1.00. The lowest BCUT2D eigenvalue weighted by atomic mass is 10.4. The molecule has 0 saturated carbocycles. The zero-order valence-corrected chi connectivity index (χ0v) is 8.78. The predicted octanol–water partition coefficient (Wildman–Crippen LogP) is 2.05. The molecule has 0 aliphatic carbocycles. The van der Waals surface area contributed by atoms with Gasteiger partial charge < -0.3 is 0 Å². The number of hydrogen-bond donors (Lipinski definition) is 2. The highest BCUT2D eigenvalue weighted by atomic mass is 79.9. The van der Waals surface area contributed by atoms with Gasteiger partial charge in [-0.05, 0) is 22.0 Å². The molecule has 0 radical (unpaired) electrons. The molecule has 4 nitrogen and oxygen atoms in total. The van der Waals surface area contributed by atoms with Crippen LogP contribution in [0.2, 0.25) is 5.15 Å². The highest BCUT2D eigenvalue weighted by molar-refractivity contribution is 9.10. The predicted molar refractivity (Wildman–Crippen MR) is 51.3 cm³/mol. The highest BCUT2D eigenvalue weighted by Crippen LogP contribution is 2.22. The minimum atomic E-state index is -2.13. The van der Waals surface area contributed by atoms with Crippen LogP contribution in [-0.4, -0.2) is 13.7 Å². The maximum atomic E-state index is 10.3. The molecule has 1 aromatic heterocycles. The lowest BCUT2D eigenvalue weighted by molar-refractivity contribution is 0.570. The first-order valence-electron chi connectivity index (χ1n) is 2.78. The second-order valence-electron chi connectivity index (χ2n) is 1.84. The van der Waals surface area contributed by atoms with Crippen molar-refractivity contribution in [3.63, 3.8) is 0 Å². The van der Waals surface area contributed by atoms with Gasteiger partial charge >= 0.3 is 0 Å². The fourth-order valence-corrected chi connectivity index (χ4v) is 1.47. The van der Waals surface area contributed by atoms with Crippen molar-refractivity contribution in [1.29, 1.82) is 0 Å². The molecule has 1 rings (SSSR count). The highest BCUT2D eigenvalue weighted by Gasteiger charge is 2.03. The molecule has 1 unspecified atom stereocenters. The fraction of sp³-hybridized carbons (Fsp3) is 0. The molecule has 0 aliphatic rings. The van der Waals surface area contributed by atoms with Crippen molar-refractivity contribution in [2.24, 2.45) is 0 Å². The molecular formula is C5H4BrClN2O2S. The van der Waals surface area contributed by atoms with Gasteiger partial charge in [-0.3, -0.25) is 9.27 Å². The van der Waals surface area contributed by atoms with Gasteiger partial charge in [0.05, 0.1) is 5.69 Å². The molecule has 0 spiro atoms. The second-order valence-corrected chi connectivity index (χ2v) is 3.82. The number of nitrogens with one attached hydrogen (secondary N) is 1. The van der Waals surface area contributed by atoms with Crippen molar-refractivity contribution >= 4 is 44.5 Å². The van der Waals surface area contributed by atoms with E-state index in [1.165, 1.54) is 6.20 Å². The summed E-state index contributed by atoms with van der Waals surface area (Å²) in [7, 11) is 0. The number of nitrogens with zero attached hydrogens (tertiary/aromatic N) is 1. The van der Waals surface area contributed by atoms with Crippen molar-refractivity contribution in [2.75, 3.05) is 4.72 Å². The van der Waals surface area contributed by atoms with Crippen LogP contribution in [0.1, 0.15) is 0 Å². The van der Waals surface area contributed by atoms with Crippen molar-refractivity contribution in [3.8, 4) is 0 Å². The number of anilines is 1. The Morgan fingerprint density at radius 1 is 1.75 bits per heavy atom. The fourth-order valence-electron chi connectivity index (χ4n) is 0.588. The van der Waals surface area contributed by atoms with Crippen molar-refractivity contribution in [1.82, 2.24) is 4.98 Å². The SMILES string of the molecule is O=S(O)Nc1cc(Br)cnc1Cl. The Morgan fingerprint density at radius 2 is 2.42 bits per heavy atom. The van der Waals surface area contributed by atoms with Gasteiger partial charge in [0.15, 0.2) is 5.15 Å². The van der Waals surface area contributed by atoms with E-state index in [2.05, 4.69) is 25.6 Å². The lowest BCUT2D eigenvalue weighted by Gasteiger charge is -2.02. The van der Waals surface area contributed by atoms with Crippen LogP contribution >= 0.6 is 27.5 Å². The summed E-state index contributed by atoms with van der Waals surface area (Å²) in [5.41, 5.74) is 0.312. The maximum Gasteiger partial charge on any atom is 0.259 e. The molecule has 66 valence electrons. The van der Waals surface area contributed by atoms with E-state index in [4.69, 9.17) is 16.2 Å². The summed E-state index contributed by atoms with van der Waals surface area (Å²) in [4.78, 5) is 3.74. The van der Waals surface area contributed by atoms with Crippen LogP contribution in [0.5, 0.6) is 0 Å². The number of rotatable bonds is 2. The van der Waals surface area contributed by atoms with E-state index in [9.17, 15) is 4.21 Å². The first kappa shape index (κ1) is 9.91. The molecule has 0 saturated heterocycles. The summed E-state index contributed by atoms with van der Waals surface area (Å²) in [6.45, 7) is 0. The van der Waals surface area contributed by atoms with Crippen molar-refractivity contribution in [2.45, 2.75) is 0 Å². The van der Waals surface area contributed by atoms with Gasteiger partial charge in [-0.15, -0.1) is 0 Å². The van der Waals surface area contributed by atoms with Crippen LogP contribution in [0.25, 0.3) is 0 Å². The van der Waals surface area contributed by atoms with Gasteiger partial charge in [0.1, 0.15) is 0 Å². The zero-order valence-electron chi connectivity index (χ0n) is 5.62. The molecule has 1 atom stereocenters. The quantitative estimate of drug-likeness (QED) is 0.639. The number of aromatic nitrogens is 1. The third-order valence-corrected chi connectivity index (χ3v) is 2.13. The Bertz CT molecular complexity index is 322. The molecule has 12 heavy (non-hydrogen) atoms. The average Bonchev–Trinajstić information content (AvgIpc) is 1.96. The number of halogens is 2. The number of pyridine rings is 1. The molecule has 0 aromatic carbocycles. The Kier molecular flexibility index (Phi) is 3.45. The van der Waals surface area contributed by atoms with E-state index in [1.54, 1.807) is 6.07 Å². The van der Waals surface area contributed by atoms with E-state index in [-0.39, 0.29) is 5.15 Å². The third kappa shape index (κ3) is 2.71. The molecular weight excluding hydrogens is 267 g/mol. The summed E-state index contributed by atoms with van der Waals surface area (Å²) >= 11 is 6.61. The van der Waals surface area contributed by atoms with Crippen LogP contribution in [0.4, 0.5) is 5.69 Å². The summed E-state index contributed by atoms with van der Waals surface area (Å²) in [5.74, 6) is 0. The van der Waals surface area contributed by atoms with E-state index >= 15 is 0 Å². The Balaban J connectivity index is 2.97. The Morgan fingerprint density at radius 3 is 3.00 bits per heavy atom. The first-order valence-corrected chi connectivity index (χ1v) is 5.06. The maximum absolute atomic E-state index is 10.3. The van der Waals surface area contributed by atoms with Gasteiger partial charge in [-0.25, -0.2) is 9.19 Å². The van der Waals surface area contributed by atoms with Gasteiger partial charge in [0, 0.05) is 10.7 Å². The summed E-state index contributed by atoms with van der Waals surface area (Å²) in [5, 5.41) is 0.153. The average molecular weight is 272 g/mol. The molecule has 7 heteroatoms. The van der Waals surface area contributed by atoms with Gasteiger partial charge in [-0.1, -0.05) is 11.6 Å². The molecule has 1 heterocycles. The molecule has 2 N–H and O–H groups in total. The Labute approximate surface area is 84.9 Å². The first-order chi connectivity index (χ1) is 5.59. The van der Waals surface area contributed by atoms with E-state index < -0.39 is 11.3 Å². The monoisotopic (exact) mass is 270 g/mol. The number of hydrogen-bond acceptors (Lipinski definition) is 2. The van der Waals surface area contributed by atoms with Gasteiger partial charge in [0.25, 0.3) is 11.3 Å². The van der Waals surface area contributed by atoms with Gasteiger partial charge in [-0.2, -0.15) is 0 Å². The Hall–Kier alpha value is -0.170. The smallest absolute Gasteiger partial charge is 0.259 e. The standard InChI is InChI=1S/C5H4BrClN2O2S/c6-3-1-4(9-12(10)11)5(7)8-2-3/h1-2,9H,(H,10,11).